The van der Waals surface area contributed by atoms with Gasteiger partial charge in [0.2, 0.25) is 0 Å². The highest BCUT2D eigenvalue weighted by molar-refractivity contribution is 7.98. The number of ether oxygens (including phenoxy) is 1. The maximum Gasteiger partial charge on any atom is 0.257 e. The number of carbonyl (C=O) groups excluding carboxylic acids is 1. The largest absolute Gasteiger partial charge is 0.482 e. The monoisotopic (exact) mass is 332 g/mol. The molecule has 0 radical (unpaired) electrons. The second-order valence-corrected chi connectivity index (χ2v) is 6.32. The molecule has 1 aromatic carbocycles. The van der Waals surface area contributed by atoms with E-state index in [9.17, 15) is 4.79 Å². The maximum absolute atomic E-state index is 11.7. The van der Waals surface area contributed by atoms with Crippen molar-refractivity contribution in [2.45, 2.75) is 5.75 Å². The zero-order valence-electron chi connectivity index (χ0n) is 12.0. The zero-order valence-corrected chi connectivity index (χ0v) is 13.6. The summed E-state index contributed by atoms with van der Waals surface area (Å²) >= 11 is 3.47. The van der Waals surface area contributed by atoms with Crippen LogP contribution >= 0.6 is 23.1 Å². The van der Waals surface area contributed by atoms with Gasteiger partial charge in [-0.05, 0) is 34.5 Å². The van der Waals surface area contributed by atoms with Crippen molar-refractivity contribution in [2.75, 3.05) is 18.9 Å². The van der Waals surface area contributed by atoms with Gasteiger partial charge in [0.05, 0.1) is 5.56 Å². The lowest BCUT2D eigenvalue weighted by Gasteiger charge is -2.08. The van der Waals surface area contributed by atoms with Crippen LogP contribution in [-0.2, 0) is 10.5 Å². The molecule has 1 aromatic heterocycles. The molecule has 114 valence electrons. The average Bonchev–Trinajstić information content (AvgIpc) is 3.06. The van der Waals surface area contributed by atoms with Crippen LogP contribution in [-0.4, -0.2) is 24.8 Å². The molecule has 2 rings (SSSR count). The number of amides is 1. The number of nitrogens with zero attached hydrogens (tertiary/aromatic N) is 1. The van der Waals surface area contributed by atoms with Crippen molar-refractivity contribution in [3.63, 3.8) is 0 Å². The van der Waals surface area contributed by atoms with E-state index in [0.717, 1.165) is 11.5 Å². The zero-order chi connectivity index (χ0) is 15.6. The molecule has 0 bridgehead atoms. The lowest BCUT2D eigenvalue weighted by Crippen LogP contribution is -2.30. The Morgan fingerprint density at radius 2 is 2.23 bits per heavy atom. The van der Waals surface area contributed by atoms with E-state index in [1.54, 1.807) is 47.4 Å². The summed E-state index contributed by atoms with van der Waals surface area (Å²) in [6.07, 6.45) is 0. The lowest BCUT2D eigenvalue weighted by atomic mass is 10.2. The second-order valence-electron chi connectivity index (χ2n) is 4.43. The van der Waals surface area contributed by atoms with Crippen LogP contribution in [0.15, 0.2) is 41.1 Å². The van der Waals surface area contributed by atoms with E-state index < -0.39 is 0 Å². The van der Waals surface area contributed by atoms with Crippen LogP contribution in [0, 0.1) is 11.3 Å². The third kappa shape index (κ3) is 5.43. The summed E-state index contributed by atoms with van der Waals surface area (Å²) in [5.41, 5.74) is 1.75. The lowest BCUT2D eigenvalue weighted by molar-refractivity contribution is -0.122. The number of nitriles is 1. The molecule has 0 aliphatic heterocycles. The highest BCUT2D eigenvalue weighted by atomic mass is 32.2. The van der Waals surface area contributed by atoms with Crippen molar-refractivity contribution in [1.82, 2.24) is 5.32 Å². The van der Waals surface area contributed by atoms with Crippen molar-refractivity contribution in [2.24, 2.45) is 0 Å². The smallest absolute Gasteiger partial charge is 0.257 e. The van der Waals surface area contributed by atoms with E-state index in [-0.39, 0.29) is 12.5 Å². The first-order valence-electron chi connectivity index (χ1n) is 6.77. The molecule has 0 saturated heterocycles. The van der Waals surface area contributed by atoms with E-state index in [4.69, 9.17) is 10.00 Å². The van der Waals surface area contributed by atoms with E-state index in [1.807, 2.05) is 6.07 Å². The number of benzene rings is 1. The van der Waals surface area contributed by atoms with E-state index in [1.165, 1.54) is 5.56 Å². The summed E-state index contributed by atoms with van der Waals surface area (Å²) in [6, 6.07) is 11.0. The van der Waals surface area contributed by atoms with Crippen molar-refractivity contribution >= 4 is 29.0 Å². The number of nitrogens with one attached hydrogen (secondary N) is 1. The van der Waals surface area contributed by atoms with Gasteiger partial charge in [0, 0.05) is 18.1 Å². The number of hydrogen-bond acceptors (Lipinski definition) is 5. The van der Waals surface area contributed by atoms with Gasteiger partial charge in [-0.2, -0.15) is 28.4 Å². The van der Waals surface area contributed by atoms with Crippen LogP contribution in [0.5, 0.6) is 5.75 Å². The van der Waals surface area contributed by atoms with Gasteiger partial charge in [0.15, 0.2) is 6.61 Å². The average molecular weight is 332 g/mol. The Labute approximate surface area is 138 Å². The molecule has 0 aliphatic rings. The Kier molecular flexibility index (Phi) is 6.81. The van der Waals surface area contributed by atoms with Crippen molar-refractivity contribution < 1.29 is 9.53 Å². The van der Waals surface area contributed by atoms with Gasteiger partial charge in [0.25, 0.3) is 5.91 Å². The first-order valence-corrected chi connectivity index (χ1v) is 8.87. The van der Waals surface area contributed by atoms with Gasteiger partial charge in [0.1, 0.15) is 11.8 Å². The molecular formula is C16H16N2O2S2. The van der Waals surface area contributed by atoms with Crippen LogP contribution in [0.25, 0.3) is 0 Å². The van der Waals surface area contributed by atoms with E-state index in [0.29, 0.717) is 17.9 Å². The topological polar surface area (TPSA) is 62.1 Å². The Balaban J connectivity index is 1.61. The molecular weight excluding hydrogens is 316 g/mol. The number of hydrogen-bond donors (Lipinski definition) is 1. The Hall–Kier alpha value is -1.97. The molecule has 0 fully saturated rings. The van der Waals surface area contributed by atoms with Crippen molar-refractivity contribution in [3.8, 4) is 11.8 Å². The van der Waals surface area contributed by atoms with Gasteiger partial charge in [-0.15, -0.1) is 0 Å². The summed E-state index contributed by atoms with van der Waals surface area (Å²) < 4.78 is 5.37. The summed E-state index contributed by atoms with van der Waals surface area (Å²) in [7, 11) is 0. The molecule has 1 amide bonds. The van der Waals surface area contributed by atoms with Gasteiger partial charge in [-0.25, -0.2) is 0 Å². The molecule has 1 N–H and O–H groups in total. The molecule has 0 unspecified atom stereocenters. The van der Waals surface area contributed by atoms with Gasteiger partial charge < -0.3 is 10.1 Å². The third-order valence-corrected chi connectivity index (χ3v) is 4.55. The van der Waals surface area contributed by atoms with Crippen LogP contribution < -0.4 is 10.1 Å². The Bertz CT molecular complexity index is 636. The summed E-state index contributed by atoms with van der Waals surface area (Å²) in [4.78, 5) is 11.7. The highest BCUT2D eigenvalue weighted by Crippen LogP contribution is 2.16. The number of rotatable bonds is 8. The molecule has 6 heteroatoms. The predicted molar refractivity (Wildman–Crippen MR) is 90.1 cm³/mol. The summed E-state index contributed by atoms with van der Waals surface area (Å²) in [5, 5.41) is 15.9. The molecule has 1 heterocycles. The number of para-hydroxylation sites is 1. The Morgan fingerprint density at radius 3 is 3.00 bits per heavy atom. The number of thioether (sulfide) groups is 1. The Morgan fingerprint density at radius 1 is 1.36 bits per heavy atom. The maximum atomic E-state index is 11.7. The fourth-order valence-electron chi connectivity index (χ4n) is 1.71. The molecule has 0 saturated carbocycles. The minimum atomic E-state index is -0.177. The number of thiophene rings is 1. The molecule has 0 atom stereocenters. The molecule has 2 aromatic rings. The fraction of sp³-hybridized carbons (Fsp3) is 0.250. The second kappa shape index (κ2) is 9.13. The quantitative estimate of drug-likeness (QED) is 0.755. The molecule has 4 nitrogen and oxygen atoms in total. The highest BCUT2D eigenvalue weighted by Gasteiger charge is 2.05. The molecule has 0 spiro atoms. The van der Waals surface area contributed by atoms with Crippen LogP contribution in [0.2, 0.25) is 0 Å². The van der Waals surface area contributed by atoms with E-state index in [2.05, 4.69) is 22.1 Å². The van der Waals surface area contributed by atoms with Crippen LogP contribution in [0.1, 0.15) is 11.1 Å². The summed E-state index contributed by atoms with van der Waals surface area (Å²) in [6.45, 7) is 0.533. The third-order valence-electron chi connectivity index (χ3n) is 2.78. The van der Waals surface area contributed by atoms with Gasteiger partial charge >= 0.3 is 0 Å². The van der Waals surface area contributed by atoms with Gasteiger partial charge in [-0.3, -0.25) is 4.79 Å². The normalized spacial score (nSPS) is 9.95. The molecule has 0 aliphatic carbocycles. The minimum absolute atomic E-state index is 0.0755. The van der Waals surface area contributed by atoms with Crippen molar-refractivity contribution in [3.05, 3.63) is 52.2 Å². The SMILES string of the molecule is N#Cc1ccccc1OCC(=O)NCCSCc1ccsc1. The standard InChI is InChI=1S/C16H16N2O2S2/c17-9-14-3-1-2-4-15(14)20-10-16(19)18-6-8-22-12-13-5-7-21-11-13/h1-5,7,11H,6,8,10,12H2,(H,18,19). The fourth-order valence-corrected chi connectivity index (χ4v) is 3.29. The van der Waals surface area contributed by atoms with E-state index >= 15 is 0 Å². The first kappa shape index (κ1) is 16.4. The van der Waals surface area contributed by atoms with Crippen LogP contribution in [0.3, 0.4) is 0 Å². The van der Waals surface area contributed by atoms with Gasteiger partial charge in [-0.1, -0.05) is 12.1 Å². The molecule has 22 heavy (non-hydrogen) atoms. The predicted octanol–water partition coefficient (Wildman–Crippen LogP) is 3.05. The van der Waals surface area contributed by atoms with Crippen molar-refractivity contribution in [1.29, 1.82) is 5.26 Å². The minimum Gasteiger partial charge on any atom is -0.482 e. The summed E-state index contributed by atoms with van der Waals surface area (Å²) in [5.74, 6) is 2.08. The number of carbonyl (C=O) groups is 1. The van der Waals surface area contributed by atoms with Crippen LogP contribution in [0.4, 0.5) is 0 Å². The first-order chi connectivity index (χ1) is 10.8.